The molecule has 1 rings (SSSR count). The zero-order chi connectivity index (χ0) is 10.0. The van der Waals surface area contributed by atoms with Gasteiger partial charge in [0, 0.05) is 9.13 Å². The summed E-state index contributed by atoms with van der Waals surface area (Å²) >= 11 is 1.93. The summed E-state index contributed by atoms with van der Waals surface area (Å²) in [6.07, 6.45) is 0. The van der Waals surface area contributed by atoms with Gasteiger partial charge in [-0.25, -0.2) is 4.39 Å². The Balaban J connectivity index is 3.08. The Hall–Kier alpha value is -0.690. The van der Waals surface area contributed by atoms with E-state index in [2.05, 4.69) is 0 Å². The summed E-state index contributed by atoms with van der Waals surface area (Å²) in [5, 5.41) is 8.54. The highest BCUT2D eigenvalue weighted by atomic mass is 127. The fourth-order valence-electron chi connectivity index (χ4n) is 0.887. The molecule has 1 aromatic carbocycles. The molecule has 0 aliphatic carbocycles. The number of carboxylic acids is 1. The summed E-state index contributed by atoms with van der Waals surface area (Å²) in [4.78, 5) is 10.4. The van der Waals surface area contributed by atoms with Crippen LogP contribution in [-0.2, 0) is 4.79 Å². The molecule has 3 N–H and O–H groups in total. The second kappa shape index (κ2) is 4.01. The fourth-order valence-corrected chi connectivity index (χ4v) is 1.34. The first-order valence-electron chi connectivity index (χ1n) is 3.45. The number of hydrogen-bond acceptors (Lipinski definition) is 2. The van der Waals surface area contributed by atoms with Crippen LogP contribution >= 0.6 is 22.6 Å². The summed E-state index contributed by atoms with van der Waals surface area (Å²) in [5.41, 5.74) is 5.25. The van der Waals surface area contributed by atoms with Crippen molar-refractivity contribution in [1.82, 2.24) is 0 Å². The Morgan fingerprint density at radius 3 is 2.69 bits per heavy atom. The van der Waals surface area contributed by atoms with Gasteiger partial charge < -0.3 is 10.8 Å². The van der Waals surface area contributed by atoms with Gasteiger partial charge in [-0.2, -0.15) is 0 Å². The summed E-state index contributed by atoms with van der Waals surface area (Å²) in [5.74, 6) is -1.82. The molecule has 1 unspecified atom stereocenters. The lowest BCUT2D eigenvalue weighted by molar-refractivity contribution is -0.138. The number of carbonyl (C=O) groups is 1. The van der Waals surface area contributed by atoms with Crippen LogP contribution in [0, 0.1) is 9.39 Å². The highest BCUT2D eigenvalue weighted by molar-refractivity contribution is 14.1. The minimum atomic E-state index is -1.29. The van der Waals surface area contributed by atoms with Gasteiger partial charge in [0.15, 0.2) is 0 Å². The molecule has 0 aromatic heterocycles. The van der Waals surface area contributed by atoms with E-state index >= 15 is 0 Å². The molecule has 5 heteroatoms. The van der Waals surface area contributed by atoms with E-state index in [1.54, 1.807) is 6.07 Å². The normalized spacial score (nSPS) is 12.5. The predicted molar refractivity (Wildman–Crippen MR) is 53.7 cm³/mol. The lowest BCUT2D eigenvalue weighted by Crippen LogP contribution is -2.21. The number of nitrogens with two attached hydrogens (primary N) is 1. The van der Waals surface area contributed by atoms with Crippen molar-refractivity contribution in [2.24, 2.45) is 5.73 Å². The maximum Gasteiger partial charge on any atom is 0.325 e. The van der Waals surface area contributed by atoms with Crippen LogP contribution in [-0.4, -0.2) is 11.1 Å². The SMILES string of the molecule is NC(C(=O)O)c1ccc(I)cc1F. The van der Waals surface area contributed by atoms with E-state index in [4.69, 9.17) is 10.8 Å². The number of rotatable bonds is 2. The molecule has 0 aliphatic heterocycles. The topological polar surface area (TPSA) is 63.3 Å². The first-order chi connectivity index (χ1) is 6.02. The molecule has 0 saturated heterocycles. The zero-order valence-electron chi connectivity index (χ0n) is 6.50. The standard InChI is InChI=1S/C8H7FINO2/c9-6-3-4(10)1-2-5(6)7(11)8(12)13/h1-3,7H,11H2,(H,12,13). The minimum absolute atomic E-state index is 0.00733. The van der Waals surface area contributed by atoms with Gasteiger partial charge in [-0.15, -0.1) is 0 Å². The summed E-state index contributed by atoms with van der Waals surface area (Å²) in [6, 6.07) is 2.95. The number of aliphatic carboxylic acids is 1. The van der Waals surface area contributed by atoms with Crippen molar-refractivity contribution in [2.75, 3.05) is 0 Å². The Morgan fingerprint density at radius 2 is 2.23 bits per heavy atom. The second-order valence-electron chi connectivity index (χ2n) is 2.48. The minimum Gasteiger partial charge on any atom is -0.480 e. The van der Waals surface area contributed by atoms with Gasteiger partial charge in [0.1, 0.15) is 11.9 Å². The smallest absolute Gasteiger partial charge is 0.325 e. The molecule has 70 valence electrons. The van der Waals surface area contributed by atoms with Crippen molar-refractivity contribution in [3.8, 4) is 0 Å². The lowest BCUT2D eigenvalue weighted by Gasteiger charge is -2.07. The monoisotopic (exact) mass is 295 g/mol. The van der Waals surface area contributed by atoms with E-state index in [1.807, 2.05) is 22.6 Å². The van der Waals surface area contributed by atoms with Crippen LogP contribution in [0.1, 0.15) is 11.6 Å². The molecule has 0 aliphatic rings. The molecule has 1 atom stereocenters. The second-order valence-corrected chi connectivity index (χ2v) is 3.73. The van der Waals surface area contributed by atoms with Crippen LogP contribution in [0.3, 0.4) is 0 Å². The summed E-state index contributed by atoms with van der Waals surface area (Å²) in [7, 11) is 0. The average molecular weight is 295 g/mol. The van der Waals surface area contributed by atoms with E-state index in [0.717, 1.165) is 0 Å². The van der Waals surface area contributed by atoms with E-state index in [-0.39, 0.29) is 5.56 Å². The van der Waals surface area contributed by atoms with Gasteiger partial charge in [-0.05, 0) is 34.7 Å². The average Bonchev–Trinajstić information content (AvgIpc) is 2.03. The van der Waals surface area contributed by atoms with Gasteiger partial charge in [0.25, 0.3) is 0 Å². The van der Waals surface area contributed by atoms with Crippen LogP contribution < -0.4 is 5.73 Å². The molecule has 1 aromatic rings. The van der Waals surface area contributed by atoms with Crippen LogP contribution in [0.2, 0.25) is 0 Å². The first-order valence-corrected chi connectivity index (χ1v) is 4.53. The molecule has 0 fully saturated rings. The van der Waals surface area contributed by atoms with Gasteiger partial charge in [0.2, 0.25) is 0 Å². The number of benzene rings is 1. The van der Waals surface area contributed by atoms with Gasteiger partial charge >= 0.3 is 5.97 Å². The molecular weight excluding hydrogens is 288 g/mol. The predicted octanol–water partition coefficient (Wildman–Crippen LogP) is 1.51. The molecule has 0 spiro atoms. The molecule has 0 bridgehead atoms. The number of hydrogen-bond donors (Lipinski definition) is 2. The largest absolute Gasteiger partial charge is 0.480 e. The zero-order valence-corrected chi connectivity index (χ0v) is 8.66. The fraction of sp³-hybridized carbons (Fsp3) is 0.125. The Labute approximate surface area is 87.9 Å². The molecule has 0 heterocycles. The Kier molecular flexibility index (Phi) is 3.21. The molecule has 3 nitrogen and oxygen atoms in total. The van der Waals surface area contributed by atoms with Crippen molar-refractivity contribution in [3.63, 3.8) is 0 Å². The molecule has 13 heavy (non-hydrogen) atoms. The third kappa shape index (κ3) is 2.38. The quantitative estimate of drug-likeness (QED) is 0.813. The van der Waals surface area contributed by atoms with E-state index in [0.29, 0.717) is 3.57 Å². The highest BCUT2D eigenvalue weighted by Gasteiger charge is 2.17. The van der Waals surface area contributed by atoms with Gasteiger partial charge in [-0.1, -0.05) is 6.07 Å². The van der Waals surface area contributed by atoms with Crippen LogP contribution in [0.5, 0.6) is 0 Å². The van der Waals surface area contributed by atoms with Gasteiger partial charge in [-0.3, -0.25) is 4.79 Å². The van der Waals surface area contributed by atoms with E-state index in [9.17, 15) is 9.18 Å². The molecule has 0 amide bonds. The summed E-state index contributed by atoms with van der Waals surface area (Å²) in [6.45, 7) is 0. The maximum absolute atomic E-state index is 13.1. The van der Waals surface area contributed by atoms with Crippen LogP contribution in [0.4, 0.5) is 4.39 Å². The third-order valence-electron chi connectivity index (χ3n) is 1.56. The summed E-state index contributed by atoms with van der Waals surface area (Å²) < 4.78 is 13.8. The number of halogens is 2. The van der Waals surface area contributed by atoms with Crippen LogP contribution in [0.15, 0.2) is 18.2 Å². The van der Waals surface area contributed by atoms with Crippen molar-refractivity contribution >= 4 is 28.6 Å². The van der Waals surface area contributed by atoms with Gasteiger partial charge in [0.05, 0.1) is 0 Å². The highest BCUT2D eigenvalue weighted by Crippen LogP contribution is 2.17. The third-order valence-corrected chi connectivity index (χ3v) is 2.23. The lowest BCUT2D eigenvalue weighted by atomic mass is 10.1. The van der Waals surface area contributed by atoms with Crippen molar-refractivity contribution in [1.29, 1.82) is 0 Å². The molecule has 0 radical (unpaired) electrons. The Bertz CT molecular complexity index is 343. The maximum atomic E-state index is 13.1. The van der Waals surface area contributed by atoms with E-state index < -0.39 is 17.8 Å². The van der Waals surface area contributed by atoms with Crippen molar-refractivity contribution < 1.29 is 14.3 Å². The van der Waals surface area contributed by atoms with Crippen LogP contribution in [0.25, 0.3) is 0 Å². The number of carboxylic acid groups (broad SMARTS) is 1. The molecular formula is C8H7FINO2. The van der Waals surface area contributed by atoms with Crippen molar-refractivity contribution in [2.45, 2.75) is 6.04 Å². The Morgan fingerprint density at radius 1 is 1.62 bits per heavy atom. The van der Waals surface area contributed by atoms with E-state index in [1.165, 1.54) is 12.1 Å². The first kappa shape index (κ1) is 10.4. The molecule has 0 saturated carbocycles. The van der Waals surface area contributed by atoms with Crippen molar-refractivity contribution in [3.05, 3.63) is 33.1 Å².